The molecule has 1 heterocycles. The SMILES string of the molecule is Cn1ncc(Br)c1C(C)(C(=O)O)C1CC1. The Morgan fingerprint density at radius 3 is 2.67 bits per heavy atom. The average molecular weight is 273 g/mol. The molecule has 2 rings (SSSR count). The summed E-state index contributed by atoms with van der Waals surface area (Å²) >= 11 is 3.37. The number of carboxylic acids is 1. The highest BCUT2D eigenvalue weighted by Gasteiger charge is 2.51. The predicted octanol–water partition coefficient (Wildman–Crippen LogP) is 1.93. The minimum absolute atomic E-state index is 0.238. The Kier molecular flexibility index (Phi) is 2.37. The van der Waals surface area contributed by atoms with Gasteiger partial charge in [-0.15, -0.1) is 0 Å². The van der Waals surface area contributed by atoms with E-state index < -0.39 is 11.4 Å². The van der Waals surface area contributed by atoms with Gasteiger partial charge in [-0.1, -0.05) is 0 Å². The summed E-state index contributed by atoms with van der Waals surface area (Å²) in [4.78, 5) is 11.4. The van der Waals surface area contributed by atoms with Crippen molar-refractivity contribution in [1.29, 1.82) is 0 Å². The van der Waals surface area contributed by atoms with Crippen molar-refractivity contribution in [3.05, 3.63) is 16.4 Å². The largest absolute Gasteiger partial charge is 0.481 e. The number of hydrogen-bond acceptors (Lipinski definition) is 2. The van der Waals surface area contributed by atoms with Crippen LogP contribution in [0.4, 0.5) is 0 Å². The first-order valence-corrected chi connectivity index (χ1v) is 5.68. The molecule has 0 aliphatic heterocycles. The van der Waals surface area contributed by atoms with Gasteiger partial charge in [0.25, 0.3) is 0 Å². The molecule has 1 saturated carbocycles. The molecule has 1 aliphatic rings. The molecule has 5 heteroatoms. The molecule has 1 fully saturated rings. The lowest BCUT2D eigenvalue weighted by molar-refractivity contribution is -0.144. The second kappa shape index (κ2) is 3.33. The molecule has 1 N–H and O–H groups in total. The molecule has 0 bridgehead atoms. The number of carbonyl (C=O) groups is 1. The molecule has 15 heavy (non-hydrogen) atoms. The molecule has 4 nitrogen and oxygen atoms in total. The van der Waals surface area contributed by atoms with Crippen LogP contribution >= 0.6 is 15.9 Å². The van der Waals surface area contributed by atoms with Crippen LogP contribution in [0.3, 0.4) is 0 Å². The summed E-state index contributed by atoms with van der Waals surface area (Å²) in [6.45, 7) is 1.79. The highest BCUT2D eigenvalue weighted by Crippen LogP contribution is 2.48. The first-order chi connectivity index (χ1) is 6.98. The molecular weight excluding hydrogens is 260 g/mol. The fourth-order valence-electron chi connectivity index (χ4n) is 2.12. The van der Waals surface area contributed by atoms with Crippen molar-refractivity contribution in [3.8, 4) is 0 Å². The molecular formula is C10H13BrN2O2. The van der Waals surface area contributed by atoms with Crippen LogP contribution in [0.25, 0.3) is 0 Å². The van der Waals surface area contributed by atoms with Crippen LogP contribution in [0.2, 0.25) is 0 Å². The summed E-state index contributed by atoms with van der Waals surface area (Å²) in [5, 5.41) is 13.5. The van der Waals surface area contributed by atoms with Gasteiger partial charge in [-0.3, -0.25) is 9.48 Å². The molecule has 0 amide bonds. The highest BCUT2D eigenvalue weighted by molar-refractivity contribution is 9.10. The van der Waals surface area contributed by atoms with Crippen molar-refractivity contribution in [2.45, 2.75) is 25.2 Å². The molecule has 0 spiro atoms. The summed E-state index contributed by atoms with van der Waals surface area (Å²) in [6, 6.07) is 0. The predicted molar refractivity (Wildman–Crippen MR) is 58.6 cm³/mol. The van der Waals surface area contributed by atoms with Gasteiger partial charge in [-0.05, 0) is 41.6 Å². The molecule has 1 aliphatic carbocycles. The van der Waals surface area contributed by atoms with Gasteiger partial charge in [0.15, 0.2) is 0 Å². The van der Waals surface area contributed by atoms with Gasteiger partial charge in [0.1, 0.15) is 5.41 Å². The Labute approximate surface area is 96.4 Å². The topological polar surface area (TPSA) is 55.1 Å². The third-order valence-corrected chi connectivity index (χ3v) is 3.80. The van der Waals surface area contributed by atoms with Gasteiger partial charge in [0, 0.05) is 7.05 Å². The Morgan fingerprint density at radius 2 is 2.33 bits per heavy atom. The quantitative estimate of drug-likeness (QED) is 0.915. The Morgan fingerprint density at radius 1 is 1.73 bits per heavy atom. The van der Waals surface area contributed by atoms with Gasteiger partial charge in [-0.2, -0.15) is 5.10 Å². The number of halogens is 1. The van der Waals surface area contributed by atoms with E-state index in [1.54, 1.807) is 24.9 Å². The second-order valence-electron chi connectivity index (χ2n) is 4.25. The fraction of sp³-hybridized carbons (Fsp3) is 0.600. The molecule has 0 saturated heterocycles. The lowest BCUT2D eigenvalue weighted by Gasteiger charge is -2.25. The standard InChI is InChI=1S/C10H13BrN2O2/c1-10(9(14)15,6-3-4-6)8-7(11)5-12-13(8)2/h5-6H,3-4H2,1-2H3,(H,14,15). The summed E-state index contributed by atoms with van der Waals surface area (Å²) in [7, 11) is 1.78. The second-order valence-corrected chi connectivity index (χ2v) is 5.10. The van der Waals surface area contributed by atoms with Crippen molar-refractivity contribution in [3.63, 3.8) is 0 Å². The zero-order valence-corrected chi connectivity index (χ0v) is 10.3. The summed E-state index contributed by atoms with van der Waals surface area (Å²) < 4.78 is 2.43. The van der Waals surface area contributed by atoms with Gasteiger partial charge < -0.3 is 5.11 Å². The maximum Gasteiger partial charge on any atom is 0.315 e. The first kappa shape index (κ1) is 10.7. The van der Waals surface area contributed by atoms with E-state index in [-0.39, 0.29) is 5.92 Å². The van der Waals surface area contributed by atoms with Crippen molar-refractivity contribution in [2.24, 2.45) is 13.0 Å². The number of carboxylic acid groups (broad SMARTS) is 1. The summed E-state index contributed by atoms with van der Waals surface area (Å²) in [6.07, 6.45) is 3.62. The number of aromatic nitrogens is 2. The van der Waals surface area contributed by atoms with Gasteiger partial charge in [0.05, 0.1) is 16.4 Å². The van der Waals surface area contributed by atoms with Crippen LogP contribution < -0.4 is 0 Å². The first-order valence-electron chi connectivity index (χ1n) is 4.89. The van der Waals surface area contributed by atoms with E-state index in [2.05, 4.69) is 21.0 Å². The van der Waals surface area contributed by atoms with E-state index in [1.807, 2.05) is 0 Å². The van der Waals surface area contributed by atoms with E-state index in [1.165, 1.54) is 0 Å². The van der Waals surface area contributed by atoms with Crippen LogP contribution in [0, 0.1) is 5.92 Å². The van der Waals surface area contributed by atoms with Crippen molar-refractivity contribution >= 4 is 21.9 Å². The van der Waals surface area contributed by atoms with Crippen LogP contribution in [0.5, 0.6) is 0 Å². The molecule has 82 valence electrons. The van der Waals surface area contributed by atoms with E-state index in [9.17, 15) is 9.90 Å². The Bertz CT molecular complexity index is 392. The maximum atomic E-state index is 11.4. The monoisotopic (exact) mass is 272 g/mol. The van der Waals surface area contributed by atoms with Crippen LogP contribution in [0.1, 0.15) is 25.5 Å². The minimum atomic E-state index is -0.815. The number of aliphatic carboxylic acids is 1. The molecule has 0 aromatic carbocycles. The zero-order chi connectivity index (χ0) is 11.2. The molecule has 1 atom stereocenters. The highest BCUT2D eigenvalue weighted by atomic mass is 79.9. The van der Waals surface area contributed by atoms with Crippen LogP contribution in [-0.2, 0) is 17.3 Å². The van der Waals surface area contributed by atoms with Crippen molar-refractivity contribution in [2.75, 3.05) is 0 Å². The molecule has 0 radical (unpaired) electrons. The Hall–Kier alpha value is -0.840. The summed E-state index contributed by atoms with van der Waals surface area (Å²) in [5.74, 6) is -0.531. The summed E-state index contributed by atoms with van der Waals surface area (Å²) in [5.41, 5.74) is -0.0538. The minimum Gasteiger partial charge on any atom is -0.481 e. The smallest absolute Gasteiger partial charge is 0.315 e. The van der Waals surface area contributed by atoms with Gasteiger partial charge in [-0.25, -0.2) is 0 Å². The van der Waals surface area contributed by atoms with E-state index in [0.717, 1.165) is 23.0 Å². The fourth-order valence-corrected chi connectivity index (χ4v) is 2.88. The maximum absolute atomic E-state index is 11.4. The Balaban J connectivity index is 2.54. The van der Waals surface area contributed by atoms with E-state index >= 15 is 0 Å². The number of hydrogen-bond donors (Lipinski definition) is 1. The van der Waals surface area contributed by atoms with E-state index in [0.29, 0.717) is 0 Å². The molecule has 1 aromatic heterocycles. The van der Waals surface area contributed by atoms with Crippen LogP contribution in [0.15, 0.2) is 10.7 Å². The number of nitrogens with zero attached hydrogens (tertiary/aromatic N) is 2. The van der Waals surface area contributed by atoms with Gasteiger partial charge >= 0.3 is 5.97 Å². The third kappa shape index (κ3) is 1.49. The number of rotatable bonds is 3. The van der Waals surface area contributed by atoms with Crippen molar-refractivity contribution in [1.82, 2.24) is 9.78 Å². The zero-order valence-electron chi connectivity index (χ0n) is 8.70. The lowest BCUT2D eigenvalue weighted by atomic mass is 9.81. The molecule has 1 unspecified atom stereocenters. The van der Waals surface area contributed by atoms with Gasteiger partial charge in [0.2, 0.25) is 0 Å². The van der Waals surface area contributed by atoms with E-state index in [4.69, 9.17) is 0 Å². The molecule has 1 aromatic rings. The van der Waals surface area contributed by atoms with Crippen LogP contribution in [-0.4, -0.2) is 20.9 Å². The lowest BCUT2D eigenvalue weighted by Crippen LogP contribution is -2.37. The number of aryl methyl sites for hydroxylation is 1. The average Bonchev–Trinajstić information content (AvgIpc) is 2.93. The normalized spacial score (nSPS) is 19.9. The van der Waals surface area contributed by atoms with Crippen molar-refractivity contribution < 1.29 is 9.90 Å². The third-order valence-electron chi connectivity index (χ3n) is 3.22.